The summed E-state index contributed by atoms with van der Waals surface area (Å²) in [7, 11) is 0. The van der Waals surface area contributed by atoms with Gasteiger partial charge in [-0.3, -0.25) is 14.9 Å². The molecule has 3 N–H and O–H groups in total. The number of hydrogen-bond acceptors (Lipinski definition) is 7. The van der Waals surface area contributed by atoms with Crippen LogP contribution < -0.4 is 11.2 Å². The zero-order valence-electron chi connectivity index (χ0n) is 10.9. The Bertz CT molecular complexity index is 725. The van der Waals surface area contributed by atoms with Gasteiger partial charge in [0.1, 0.15) is 4.88 Å². The summed E-state index contributed by atoms with van der Waals surface area (Å²) < 4.78 is 0. The number of amides is 1. The number of nitrogens with one attached hydrogen (secondary N) is 1. The van der Waals surface area contributed by atoms with Gasteiger partial charge < -0.3 is 5.73 Å². The molecule has 1 aromatic carbocycles. The SMILES string of the molecule is Cc1nc(N)sc1C(=O)NN=Cc1cccc([N+](=O)[O-])c1. The molecule has 0 fully saturated rings. The lowest BCUT2D eigenvalue weighted by atomic mass is 10.2. The number of thiazole rings is 1. The van der Waals surface area contributed by atoms with Gasteiger partial charge in [-0.25, -0.2) is 10.4 Å². The van der Waals surface area contributed by atoms with Crippen LogP contribution in [0.3, 0.4) is 0 Å². The van der Waals surface area contributed by atoms with Crippen molar-refractivity contribution in [1.82, 2.24) is 10.4 Å². The van der Waals surface area contributed by atoms with Gasteiger partial charge in [0.2, 0.25) is 0 Å². The number of benzene rings is 1. The van der Waals surface area contributed by atoms with E-state index in [-0.39, 0.29) is 5.69 Å². The third-order valence-corrected chi connectivity index (χ3v) is 3.47. The van der Waals surface area contributed by atoms with Crippen LogP contribution in [0.4, 0.5) is 10.8 Å². The first-order valence-electron chi connectivity index (χ1n) is 5.78. The number of aromatic nitrogens is 1. The van der Waals surface area contributed by atoms with Crippen molar-refractivity contribution in [2.24, 2.45) is 5.10 Å². The van der Waals surface area contributed by atoms with E-state index in [2.05, 4.69) is 15.5 Å². The van der Waals surface area contributed by atoms with Gasteiger partial charge in [-0.1, -0.05) is 23.5 Å². The highest BCUT2D eigenvalue weighted by Crippen LogP contribution is 2.19. The Labute approximate surface area is 123 Å². The maximum Gasteiger partial charge on any atom is 0.283 e. The van der Waals surface area contributed by atoms with E-state index in [9.17, 15) is 14.9 Å². The Kier molecular flexibility index (Phi) is 4.24. The summed E-state index contributed by atoms with van der Waals surface area (Å²) in [5.74, 6) is -0.427. The van der Waals surface area contributed by atoms with Gasteiger partial charge in [0.15, 0.2) is 5.13 Å². The summed E-state index contributed by atoms with van der Waals surface area (Å²) in [5.41, 5.74) is 8.82. The Morgan fingerprint density at radius 3 is 2.95 bits per heavy atom. The number of nitrogens with zero attached hydrogens (tertiary/aromatic N) is 3. The van der Waals surface area contributed by atoms with E-state index in [1.165, 1.54) is 24.4 Å². The van der Waals surface area contributed by atoms with E-state index >= 15 is 0 Å². The van der Waals surface area contributed by atoms with Crippen LogP contribution in [0.5, 0.6) is 0 Å². The monoisotopic (exact) mass is 305 g/mol. The van der Waals surface area contributed by atoms with Gasteiger partial charge >= 0.3 is 0 Å². The first kappa shape index (κ1) is 14.6. The number of hydrogen-bond donors (Lipinski definition) is 2. The molecule has 2 aromatic rings. The summed E-state index contributed by atoms with van der Waals surface area (Å²) >= 11 is 1.07. The quantitative estimate of drug-likeness (QED) is 0.505. The number of nitro benzene ring substituents is 1. The highest BCUT2D eigenvalue weighted by Gasteiger charge is 2.13. The largest absolute Gasteiger partial charge is 0.375 e. The second-order valence-electron chi connectivity index (χ2n) is 4.02. The van der Waals surface area contributed by atoms with Crippen molar-refractivity contribution in [3.63, 3.8) is 0 Å². The average molecular weight is 305 g/mol. The number of rotatable bonds is 4. The number of nitrogens with two attached hydrogens (primary N) is 1. The van der Waals surface area contributed by atoms with E-state index < -0.39 is 10.8 Å². The Morgan fingerprint density at radius 1 is 1.57 bits per heavy atom. The Hall–Kier alpha value is -2.81. The third kappa shape index (κ3) is 3.60. The molecule has 0 spiro atoms. The lowest BCUT2D eigenvalue weighted by Crippen LogP contribution is -2.17. The molecular weight excluding hydrogens is 294 g/mol. The molecule has 8 nitrogen and oxygen atoms in total. The Morgan fingerprint density at radius 2 is 2.33 bits per heavy atom. The summed E-state index contributed by atoms with van der Waals surface area (Å²) in [6, 6.07) is 5.90. The first-order valence-corrected chi connectivity index (χ1v) is 6.60. The third-order valence-electron chi connectivity index (χ3n) is 2.48. The minimum absolute atomic E-state index is 0.0450. The topological polar surface area (TPSA) is 124 Å². The molecule has 0 bridgehead atoms. The van der Waals surface area contributed by atoms with E-state index in [0.717, 1.165) is 11.3 Å². The summed E-state index contributed by atoms with van der Waals surface area (Å²) in [6.45, 7) is 1.67. The maximum absolute atomic E-state index is 11.8. The van der Waals surface area contributed by atoms with Crippen molar-refractivity contribution in [3.8, 4) is 0 Å². The molecule has 21 heavy (non-hydrogen) atoms. The van der Waals surface area contributed by atoms with Crippen molar-refractivity contribution < 1.29 is 9.72 Å². The smallest absolute Gasteiger partial charge is 0.283 e. The number of non-ortho nitro benzene ring substituents is 1. The standard InChI is InChI=1S/C12H11N5O3S/c1-7-10(21-12(13)15-7)11(18)16-14-6-8-3-2-4-9(5-8)17(19)20/h2-6H,1H3,(H2,13,15)(H,16,18). The van der Waals surface area contributed by atoms with Crippen LogP contribution >= 0.6 is 11.3 Å². The highest BCUT2D eigenvalue weighted by molar-refractivity contribution is 7.17. The number of aryl methyl sites for hydroxylation is 1. The van der Waals surface area contributed by atoms with Gasteiger partial charge in [-0.15, -0.1) is 0 Å². The minimum atomic E-state index is -0.501. The van der Waals surface area contributed by atoms with E-state index in [1.54, 1.807) is 13.0 Å². The zero-order valence-corrected chi connectivity index (χ0v) is 11.8. The molecule has 1 amide bonds. The fraction of sp³-hybridized carbons (Fsp3) is 0.0833. The number of hydrazone groups is 1. The molecule has 108 valence electrons. The summed E-state index contributed by atoms with van der Waals surface area (Å²) in [6.07, 6.45) is 1.32. The lowest BCUT2D eigenvalue weighted by molar-refractivity contribution is -0.384. The van der Waals surface area contributed by atoms with Gasteiger partial charge in [-0.05, 0) is 6.92 Å². The first-order chi connectivity index (χ1) is 9.97. The fourth-order valence-electron chi connectivity index (χ4n) is 1.56. The molecule has 0 atom stereocenters. The normalized spacial score (nSPS) is 10.7. The molecule has 1 heterocycles. The predicted octanol–water partition coefficient (Wildman–Crippen LogP) is 1.71. The molecule has 1 aromatic heterocycles. The average Bonchev–Trinajstić information content (AvgIpc) is 2.78. The van der Waals surface area contributed by atoms with E-state index in [0.29, 0.717) is 21.3 Å². The van der Waals surface area contributed by atoms with Crippen LogP contribution in [-0.2, 0) is 0 Å². The highest BCUT2D eigenvalue weighted by atomic mass is 32.1. The van der Waals surface area contributed by atoms with Crippen LogP contribution in [0.2, 0.25) is 0 Å². The zero-order chi connectivity index (χ0) is 15.4. The molecule has 0 aliphatic rings. The maximum atomic E-state index is 11.8. The van der Waals surface area contributed by atoms with E-state index in [4.69, 9.17) is 5.73 Å². The summed E-state index contributed by atoms with van der Waals surface area (Å²) in [5, 5.41) is 14.7. The molecule has 2 rings (SSSR count). The van der Waals surface area contributed by atoms with Crippen molar-refractivity contribution in [2.45, 2.75) is 6.92 Å². The van der Waals surface area contributed by atoms with E-state index in [1.807, 2.05) is 0 Å². The number of nitro groups is 1. The minimum Gasteiger partial charge on any atom is -0.375 e. The molecule has 0 aliphatic heterocycles. The van der Waals surface area contributed by atoms with Crippen molar-refractivity contribution >= 4 is 34.3 Å². The molecule has 0 unspecified atom stereocenters. The van der Waals surface area contributed by atoms with Crippen LogP contribution in [0, 0.1) is 17.0 Å². The second kappa shape index (κ2) is 6.09. The van der Waals surface area contributed by atoms with Gasteiger partial charge in [0.05, 0.1) is 16.8 Å². The summed E-state index contributed by atoms with van der Waals surface area (Å²) in [4.78, 5) is 26.3. The molecule has 0 saturated heterocycles. The molecular formula is C12H11N5O3S. The van der Waals surface area contributed by atoms with Crippen LogP contribution in [0.1, 0.15) is 20.9 Å². The van der Waals surface area contributed by atoms with Crippen molar-refractivity contribution in [1.29, 1.82) is 0 Å². The fourth-order valence-corrected chi connectivity index (χ4v) is 2.29. The molecule has 0 aliphatic carbocycles. The number of nitrogen functional groups attached to an aromatic ring is 1. The van der Waals surface area contributed by atoms with Gasteiger partial charge in [-0.2, -0.15) is 5.10 Å². The number of carbonyl (C=O) groups is 1. The Balaban J connectivity index is 2.05. The molecule has 0 saturated carbocycles. The molecule has 9 heteroatoms. The molecule has 0 radical (unpaired) electrons. The van der Waals surface area contributed by atoms with Crippen LogP contribution in [0.25, 0.3) is 0 Å². The number of carbonyl (C=O) groups excluding carboxylic acids is 1. The van der Waals surface area contributed by atoms with Gasteiger partial charge in [0, 0.05) is 17.7 Å². The number of anilines is 1. The van der Waals surface area contributed by atoms with Crippen molar-refractivity contribution in [3.05, 3.63) is 50.5 Å². The van der Waals surface area contributed by atoms with Crippen molar-refractivity contribution in [2.75, 3.05) is 5.73 Å². The van der Waals surface area contributed by atoms with Crippen LogP contribution in [0.15, 0.2) is 29.4 Å². The van der Waals surface area contributed by atoms with Crippen LogP contribution in [-0.4, -0.2) is 22.0 Å². The lowest BCUT2D eigenvalue weighted by Gasteiger charge is -1.97. The van der Waals surface area contributed by atoms with Gasteiger partial charge in [0.25, 0.3) is 11.6 Å². The second-order valence-corrected chi connectivity index (χ2v) is 5.05. The predicted molar refractivity (Wildman–Crippen MR) is 79.4 cm³/mol.